The molecule has 1 unspecified atom stereocenters. The molecule has 1 N–H and O–H groups in total. The Bertz CT molecular complexity index is 1040. The average molecular weight is 360 g/mol. The Hall–Kier alpha value is -3.67. The van der Waals surface area contributed by atoms with E-state index in [0.29, 0.717) is 5.75 Å². The summed E-state index contributed by atoms with van der Waals surface area (Å²) in [5.74, 6) is -1.17. The van der Waals surface area contributed by atoms with Crippen LogP contribution in [0.5, 0.6) is 5.75 Å². The van der Waals surface area contributed by atoms with Crippen LogP contribution in [0.4, 0.5) is 0 Å². The molecule has 3 aromatic carbocycles. The van der Waals surface area contributed by atoms with E-state index in [0.717, 1.165) is 15.8 Å². The number of fused-ring (bicyclic) bond motifs is 2. The number of carbonyl (C=O) groups is 3. The summed E-state index contributed by atoms with van der Waals surface area (Å²) in [5.41, 5.74) is 2.89. The summed E-state index contributed by atoms with van der Waals surface area (Å²) in [7, 11) is 0. The van der Waals surface area contributed by atoms with Gasteiger partial charge < -0.3 is 4.74 Å². The quantitative estimate of drug-likeness (QED) is 0.726. The van der Waals surface area contributed by atoms with Crippen LogP contribution in [0.1, 0.15) is 27.6 Å². The number of nitrogens with zero attached hydrogens (tertiary/aromatic N) is 1. The third-order valence-electron chi connectivity index (χ3n) is 4.42. The molecule has 0 radical (unpaired) electrons. The van der Waals surface area contributed by atoms with Gasteiger partial charge in [0.1, 0.15) is 5.75 Å². The van der Waals surface area contributed by atoms with Gasteiger partial charge in [0.15, 0.2) is 6.10 Å². The molecule has 1 aliphatic rings. The van der Waals surface area contributed by atoms with Crippen LogP contribution in [-0.4, -0.2) is 28.8 Å². The number of nitrogens with one attached hydrogen (secondary N) is 1. The van der Waals surface area contributed by atoms with Crippen molar-refractivity contribution < 1.29 is 19.1 Å². The maximum absolute atomic E-state index is 12.4. The summed E-state index contributed by atoms with van der Waals surface area (Å²) in [6.07, 6.45) is -0.893. The Morgan fingerprint density at radius 1 is 0.889 bits per heavy atom. The number of ether oxygens (including phenoxy) is 1. The maximum Gasteiger partial charge on any atom is 0.280 e. The predicted molar refractivity (Wildman–Crippen MR) is 99.1 cm³/mol. The van der Waals surface area contributed by atoms with Crippen LogP contribution in [0.3, 0.4) is 0 Å². The zero-order valence-corrected chi connectivity index (χ0v) is 14.5. The molecule has 0 spiro atoms. The van der Waals surface area contributed by atoms with Gasteiger partial charge in [-0.1, -0.05) is 42.5 Å². The van der Waals surface area contributed by atoms with Crippen molar-refractivity contribution in [2.45, 2.75) is 13.0 Å². The maximum atomic E-state index is 12.4. The highest BCUT2D eigenvalue weighted by Crippen LogP contribution is 2.23. The van der Waals surface area contributed by atoms with Crippen molar-refractivity contribution in [2.75, 3.05) is 0 Å². The molecule has 1 atom stereocenters. The third kappa shape index (κ3) is 3.01. The van der Waals surface area contributed by atoms with E-state index in [4.69, 9.17) is 4.74 Å². The highest BCUT2D eigenvalue weighted by molar-refractivity contribution is 6.21. The Balaban J connectivity index is 1.46. The summed E-state index contributed by atoms with van der Waals surface area (Å²) in [4.78, 5) is 37.1. The van der Waals surface area contributed by atoms with Crippen LogP contribution in [0.2, 0.25) is 0 Å². The molecular formula is C21H16N2O4. The molecule has 6 nitrogen and oxygen atoms in total. The van der Waals surface area contributed by atoms with Crippen LogP contribution in [0.25, 0.3) is 10.8 Å². The predicted octanol–water partition coefficient (Wildman–Crippen LogP) is 2.93. The second-order valence-electron chi connectivity index (χ2n) is 6.24. The van der Waals surface area contributed by atoms with Crippen LogP contribution in [0.15, 0.2) is 66.7 Å². The van der Waals surface area contributed by atoms with Gasteiger partial charge in [0.05, 0.1) is 11.1 Å². The number of hydrazine groups is 1. The number of imide groups is 1. The molecule has 27 heavy (non-hydrogen) atoms. The third-order valence-corrected chi connectivity index (χ3v) is 4.42. The summed E-state index contributed by atoms with van der Waals surface area (Å²) >= 11 is 0. The smallest absolute Gasteiger partial charge is 0.280 e. The topological polar surface area (TPSA) is 75.7 Å². The fourth-order valence-corrected chi connectivity index (χ4v) is 2.99. The highest BCUT2D eigenvalue weighted by Gasteiger charge is 2.37. The molecule has 1 heterocycles. The van der Waals surface area contributed by atoms with Crippen LogP contribution >= 0.6 is 0 Å². The Labute approximate surface area is 155 Å². The second-order valence-corrected chi connectivity index (χ2v) is 6.24. The largest absolute Gasteiger partial charge is 0.481 e. The number of hydrogen-bond donors (Lipinski definition) is 1. The first-order valence-electron chi connectivity index (χ1n) is 8.48. The normalized spacial score (nSPS) is 14.2. The molecule has 0 saturated heterocycles. The fourth-order valence-electron chi connectivity index (χ4n) is 2.99. The monoisotopic (exact) mass is 360 g/mol. The van der Waals surface area contributed by atoms with Gasteiger partial charge in [-0.2, -0.15) is 5.01 Å². The van der Waals surface area contributed by atoms with Crippen LogP contribution in [0, 0.1) is 0 Å². The Morgan fingerprint density at radius 2 is 1.48 bits per heavy atom. The van der Waals surface area contributed by atoms with Crippen molar-refractivity contribution in [3.63, 3.8) is 0 Å². The highest BCUT2D eigenvalue weighted by atomic mass is 16.5. The minimum Gasteiger partial charge on any atom is -0.481 e. The van der Waals surface area contributed by atoms with E-state index in [9.17, 15) is 14.4 Å². The molecule has 134 valence electrons. The van der Waals surface area contributed by atoms with Gasteiger partial charge in [0.2, 0.25) is 0 Å². The van der Waals surface area contributed by atoms with Crippen molar-refractivity contribution in [1.82, 2.24) is 10.4 Å². The first kappa shape index (κ1) is 16.8. The average Bonchev–Trinajstić information content (AvgIpc) is 2.93. The van der Waals surface area contributed by atoms with Crippen molar-refractivity contribution in [3.8, 4) is 5.75 Å². The van der Waals surface area contributed by atoms with Gasteiger partial charge in [0.25, 0.3) is 17.7 Å². The number of amides is 3. The molecular weight excluding hydrogens is 344 g/mol. The van der Waals surface area contributed by atoms with E-state index in [1.807, 2.05) is 36.4 Å². The second kappa shape index (κ2) is 6.57. The lowest BCUT2D eigenvalue weighted by Gasteiger charge is -2.19. The Morgan fingerprint density at radius 3 is 2.15 bits per heavy atom. The zero-order valence-electron chi connectivity index (χ0n) is 14.5. The van der Waals surface area contributed by atoms with Gasteiger partial charge in [0, 0.05) is 0 Å². The van der Waals surface area contributed by atoms with Gasteiger partial charge in [-0.05, 0) is 42.0 Å². The molecule has 1 aliphatic heterocycles. The number of carbonyl (C=O) groups excluding carboxylic acids is 3. The molecule has 0 aliphatic carbocycles. The minimum atomic E-state index is -0.893. The lowest BCUT2D eigenvalue weighted by Crippen LogP contribution is -2.50. The van der Waals surface area contributed by atoms with Gasteiger partial charge >= 0.3 is 0 Å². The summed E-state index contributed by atoms with van der Waals surface area (Å²) < 4.78 is 5.68. The molecule has 0 aromatic heterocycles. The summed E-state index contributed by atoms with van der Waals surface area (Å²) in [5, 5.41) is 2.78. The van der Waals surface area contributed by atoms with Crippen molar-refractivity contribution in [1.29, 1.82) is 0 Å². The van der Waals surface area contributed by atoms with Gasteiger partial charge in [-0.25, -0.2) is 0 Å². The standard InChI is InChI=1S/C21H16N2O4/c1-13(27-16-11-10-14-6-2-3-7-15(14)12-16)19(24)22-23-20(25)17-8-4-5-9-18(17)21(23)26/h2-13H,1H3,(H,22,24). The summed E-state index contributed by atoms with van der Waals surface area (Å²) in [6.45, 7) is 1.56. The molecule has 6 heteroatoms. The first-order chi connectivity index (χ1) is 13.0. The van der Waals surface area contributed by atoms with E-state index >= 15 is 0 Å². The SMILES string of the molecule is CC(Oc1ccc2ccccc2c1)C(=O)NN1C(=O)c2ccccc2C1=O. The number of benzene rings is 3. The molecule has 0 fully saturated rings. The zero-order chi connectivity index (χ0) is 19.0. The van der Waals surface area contributed by atoms with Crippen LogP contribution in [-0.2, 0) is 4.79 Å². The van der Waals surface area contributed by atoms with E-state index in [1.165, 1.54) is 0 Å². The van der Waals surface area contributed by atoms with E-state index in [2.05, 4.69) is 5.43 Å². The molecule has 4 rings (SSSR count). The lowest BCUT2D eigenvalue weighted by molar-refractivity contribution is -0.130. The molecule has 0 bridgehead atoms. The van der Waals surface area contributed by atoms with E-state index < -0.39 is 23.8 Å². The van der Waals surface area contributed by atoms with E-state index in [-0.39, 0.29) is 11.1 Å². The summed E-state index contributed by atoms with van der Waals surface area (Å²) in [6, 6.07) is 19.7. The molecule has 3 amide bonds. The van der Waals surface area contributed by atoms with Crippen LogP contribution < -0.4 is 10.2 Å². The van der Waals surface area contributed by atoms with Gasteiger partial charge in [-0.15, -0.1) is 0 Å². The van der Waals surface area contributed by atoms with Crippen molar-refractivity contribution >= 4 is 28.5 Å². The Kier molecular flexibility index (Phi) is 4.08. The molecule has 3 aromatic rings. The number of hydrogen-bond acceptors (Lipinski definition) is 4. The van der Waals surface area contributed by atoms with Crippen molar-refractivity contribution in [2.24, 2.45) is 0 Å². The molecule has 0 saturated carbocycles. The van der Waals surface area contributed by atoms with Crippen molar-refractivity contribution in [3.05, 3.63) is 77.9 Å². The fraction of sp³-hybridized carbons (Fsp3) is 0.0952. The van der Waals surface area contributed by atoms with E-state index in [1.54, 1.807) is 37.3 Å². The lowest BCUT2D eigenvalue weighted by atomic mass is 10.1. The minimum absolute atomic E-state index is 0.269. The first-order valence-corrected chi connectivity index (χ1v) is 8.48. The van der Waals surface area contributed by atoms with Gasteiger partial charge in [-0.3, -0.25) is 19.8 Å². The number of rotatable bonds is 4.